The van der Waals surface area contributed by atoms with Gasteiger partial charge in [0, 0.05) is 0 Å². The number of carboxylic acid groups (broad SMARTS) is 3. The zero-order chi connectivity index (χ0) is 10.6. The van der Waals surface area contributed by atoms with Crippen LogP contribution in [0.4, 0.5) is 0 Å². The van der Waals surface area contributed by atoms with Gasteiger partial charge in [-0.25, -0.2) is 4.79 Å². The van der Waals surface area contributed by atoms with E-state index in [1.807, 2.05) is 0 Å². The van der Waals surface area contributed by atoms with Gasteiger partial charge >= 0.3 is 36.8 Å². The van der Waals surface area contributed by atoms with Gasteiger partial charge in [-0.1, -0.05) is 0 Å². The maximum Gasteiger partial charge on any atom is 1.00 e. The number of rotatable bonds is 5. The van der Waals surface area contributed by atoms with Gasteiger partial charge in [-0.15, -0.1) is 0 Å². The van der Waals surface area contributed by atoms with Crippen molar-refractivity contribution in [3.05, 3.63) is 0 Å². The number of hydrogen-bond acceptors (Lipinski definition) is 4. The Labute approximate surface area is 103 Å². The summed E-state index contributed by atoms with van der Waals surface area (Å²) >= 11 is 0. The van der Waals surface area contributed by atoms with Crippen molar-refractivity contribution in [2.45, 2.75) is 18.4 Å². The molecule has 0 rings (SSSR count). The molecule has 9 nitrogen and oxygen atoms in total. The molecule has 0 bridgehead atoms. The monoisotopic (exact) mass is 236 g/mol. The Bertz CT molecular complexity index is 240. The van der Waals surface area contributed by atoms with E-state index < -0.39 is 36.4 Å². The topological polar surface area (TPSA) is 195 Å². The molecule has 0 fully saturated rings. The summed E-state index contributed by atoms with van der Waals surface area (Å²) in [5.74, 6) is -5.02. The average Bonchev–Trinajstić information content (AvgIpc) is 1.82. The Morgan fingerprint density at radius 1 is 0.938 bits per heavy atom. The van der Waals surface area contributed by atoms with E-state index in [0.29, 0.717) is 0 Å². The zero-order valence-electron chi connectivity index (χ0n) is 9.43. The van der Waals surface area contributed by atoms with Crippen LogP contribution >= 0.6 is 0 Å². The molecule has 0 atom stereocenters. The summed E-state index contributed by atoms with van der Waals surface area (Å²) < 4.78 is 0. The van der Waals surface area contributed by atoms with Gasteiger partial charge in [0.2, 0.25) is 0 Å². The maximum atomic E-state index is 10.3. The van der Waals surface area contributed by atoms with Crippen LogP contribution in [-0.4, -0.2) is 54.9 Å². The SMILES string of the molecule is O.O.O=C(O)CC(O)(CC(=O)O)C(=O)O.[H-].[Li+]. The molecule has 0 unspecified atom stereocenters. The smallest absolute Gasteiger partial charge is 1.00 e. The summed E-state index contributed by atoms with van der Waals surface area (Å²) in [6.07, 6.45) is -2.29. The van der Waals surface area contributed by atoms with Crippen molar-refractivity contribution in [1.29, 1.82) is 0 Å². The second-order valence-electron chi connectivity index (χ2n) is 2.48. The molecule has 0 saturated carbocycles. The van der Waals surface area contributed by atoms with Crippen LogP contribution in [0.5, 0.6) is 0 Å². The first kappa shape index (κ1) is 24.2. The van der Waals surface area contributed by atoms with Gasteiger partial charge in [-0.05, 0) is 0 Å². The summed E-state index contributed by atoms with van der Waals surface area (Å²) in [5, 5.41) is 33.8. The number of aliphatic hydroxyl groups is 1. The summed E-state index contributed by atoms with van der Waals surface area (Å²) in [4.78, 5) is 30.5. The molecular formula is C6H13LiO9. The Hall–Kier alpha value is -1.11. The molecule has 0 amide bonds. The van der Waals surface area contributed by atoms with Gasteiger partial charge in [-0.2, -0.15) is 0 Å². The fourth-order valence-electron chi connectivity index (χ4n) is 0.714. The van der Waals surface area contributed by atoms with Crippen molar-refractivity contribution < 1.29 is 66.0 Å². The van der Waals surface area contributed by atoms with Crippen molar-refractivity contribution >= 4 is 17.9 Å². The van der Waals surface area contributed by atoms with E-state index in [1.165, 1.54) is 0 Å². The van der Waals surface area contributed by atoms with Gasteiger partial charge in [0.05, 0.1) is 12.8 Å². The molecule has 8 N–H and O–H groups in total. The molecule has 16 heavy (non-hydrogen) atoms. The fourth-order valence-corrected chi connectivity index (χ4v) is 0.714. The minimum atomic E-state index is -2.74. The summed E-state index contributed by atoms with van der Waals surface area (Å²) in [7, 11) is 0. The van der Waals surface area contributed by atoms with E-state index in [4.69, 9.17) is 20.4 Å². The number of aliphatic carboxylic acids is 3. The molecule has 0 aliphatic heterocycles. The minimum absolute atomic E-state index is 0. The van der Waals surface area contributed by atoms with E-state index in [0.717, 1.165) is 0 Å². The van der Waals surface area contributed by atoms with E-state index in [-0.39, 0.29) is 31.2 Å². The van der Waals surface area contributed by atoms with Gasteiger partial charge in [0.25, 0.3) is 0 Å². The first-order valence-corrected chi connectivity index (χ1v) is 3.17. The quantitative estimate of drug-likeness (QED) is 0.341. The molecule has 0 heterocycles. The molecule has 0 aliphatic rings. The molecule has 0 aromatic heterocycles. The minimum Gasteiger partial charge on any atom is -1.00 e. The fraction of sp³-hybridized carbons (Fsp3) is 0.500. The third kappa shape index (κ3) is 8.22. The summed E-state index contributed by atoms with van der Waals surface area (Å²) in [5.41, 5.74) is -2.74. The van der Waals surface area contributed by atoms with Crippen molar-refractivity contribution in [1.82, 2.24) is 0 Å². The number of carbonyl (C=O) groups is 3. The third-order valence-electron chi connectivity index (χ3n) is 1.29. The maximum absolute atomic E-state index is 10.3. The second-order valence-corrected chi connectivity index (χ2v) is 2.48. The summed E-state index contributed by atoms with van der Waals surface area (Å²) in [6.45, 7) is 0. The Morgan fingerprint density at radius 2 is 1.19 bits per heavy atom. The molecule has 0 radical (unpaired) electrons. The Balaban J connectivity index is -0.000000120. The van der Waals surface area contributed by atoms with Crippen molar-refractivity contribution in [2.24, 2.45) is 0 Å². The van der Waals surface area contributed by atoms with Crippen molar-refractivity contribution in [2.75, 3.05) is 0 Å². The van der Waals surface area contributed by atoms with Gasteiger partial charge in [0.15, 0.2) is 5.60 Å². The molecular weight excluding hydrogens is 223 g/mol. The van der Waals surface area contributed by atoms with E-state index in [1.54, 1.807) is 0 Å². The van der Waals surface area contributed by atoms with E-state index in [9.17, 15) is 14.4 Å². The van der Waals surface area contributed by atoms with Gasteiger partial charge in [-0.3, -0.25) is 9.59 Å². The zero-order valence-corrected chi connectivity index (χ0v) is 8.43. The Morgan fingerprint density at radius 3 is 1.31 bits per heavy atom. The van der Waals surface area contributed by atoms with Crippen molar-refractivity contribution in [3.8, 4) is 0 Å². The van der Waals surface area contributed by atoms with Crippen LogP contribution in [0.2, 0.25) is 0 Å². The first-order chi connectivity index (χ1) is 5.78. The van der Waals surface area contributed by atoms with Crippen LogP contribution in [0, 0.1) is 0 Å². The summed E-state index contributed by atoms with van der Waals surface area (Å²) in [6, 6.07) is 0. The molecule has 0 spiro atoms. The predicted molar refractivity (Wildman–Crippen MR) is 45.4 cm³/mol. The molecule has 0 aliphatic carbocycles. The van der Waals surface area contributed by atoms with E-state index >= 15 is 0 Å². The predicted octanol–water partition coefficient (Wildman–Crippen LogP) is -5.78. The van der Waals surface area contributed by atoms with E-state index in [2.05, 4.69) is 0 Å². The van der Waals surface area contributed by atoms with Crippen LogP contribution < -0.4 is 18.9 Å². The van der Waals surface area contributed by atoms with Gasteiger partial charge < -0.3 is 32.8 Å². The van der Waals surface area contributed by atoms with Crippen LogP contribution in [0.1, 0.15) is 14.3 Å². The molecule has 0 saturated heterocycles. The standard InChI is InChI=1S/C6H8O7.Li.2H2O.H/c7-3(8)1-6(13,5(11)12)2-4(9)10;;;;/h13H,1-2H2,(H,7,8)(H,9,10)(H,11,12);;2*1H2;/q;+1;;;-1. The molecule has 0 aromatic carbocycles. The van der Waals surface area contributed by atoms with Crippen molar-refractivity contribution in [3.63, 3.8) is 0 Å². The number of carboxylic acids is 3. The molecule has 10 heteroatoms. The molecule has 0 aromatic rings. The van der Waals surface area contributed by atoms with Crippen LogP contribution in [0.25, 0.3) is 0 Å². The number of hydrogen-bond donors (Lipinski definition) is 4. The Kier molecular flexibility index (Phi) is 13.8. The first-order valence-electron chi connectivity index (χ1n) is 3.17. The second kappa shape index (κ2) is 9.14. The average molecular weight is 236 g/mol. The molecule has 92 valence electrons. The van der Waals surface area contributed by atoms with Crippen LogP contribution in [0.15, 0.2) is 0 Å². The van der Waals surface area contributed by atoms with Crippen LogP contribution in [-0.2, 0) is 14.4 Å². The van der Waals surface area contributed by atoms with Gasteiger partial charge in [0.1, 0.15) is 0 Å². The largest absolute Gasteiger partial charge is 1.00 e. The third-order valence-corrected chi connectivity index (χ3v) is 1.29. The van der Waals surface area contributed by atoms with Crippen LogP contribution in [0.3, 0.4) is 0 Å². The normalized spacial score (nSPS) is 8.81.